The summed E-state index contributed by atoms with van der Waals surface area (Å²) in [6, 6.07) is 7.29. The van der Waals surface area contributed by atoms with E-state index in [9.17, 15) is 9.59 Å². The van der Waals surface area contributed by atoms with E-state index < -0.39 is 0 Å². The molecule has 0 unspecified atom stereocenters. The van der Waals surface area contributed by atoms with Crippen LogP contribution in [-0.2, 0) is 9.59 Å². The van der Waals surface area contributed by atoms with Crippen LogP contribution in [0, 0.1) is 5.41 Å². The van der Waals surface area contributed by atoms with Gasteiger partial charge in [-0.3, -0.25) is 20.3 Å². The molecule has 1 aromatic rings. The predicted octanol–water partition coefficient (Wildman–Crippen LogP) is 1.17. The van der Waals surface area contributed by atoms with Gasteiger partial charge in [0.15, 0.2) is 5.96 Å². The number of carbonyl (C=O) groups excluding carboxylic acids is 2. The Morgan fingerprint density at radius 1 is 1.33 bits per heavy atom. The molecule has 7 heteroatoms. The molecule has 2 amide bonds. The highest BCUT2D eigenvalue weighted by Crippen LogP contribution is 2.14. The van der Waals surface area contributed by atoms with Crippen LogP contribution in [-0.4, -0.2) is 23.5 Å². The number of amides is 2. The van der Waals surface area contributed by atoms with Crippen molar-refractivity contribution in [2.45, 2.75) is 26.2 Å². The average Bonchev–Trinajstić information content (AvgIpc) is 2.48. The van der Waals surface area contributed by atoms with Crippen LogP contribution in [0.1, 0.15) is 31.7 Å². The number of nitrogens with one attached hydrogen (secondary N) is 4. The molecule has 0 saturated carbocycles. The third-order valence-electron chi connectivity index (χ3n) is 2.98. The molecular formula is C14H17N5O2. The third-order valence-corrected chi connectivity index (χ3v) is 2.98. The van der Waals surface area contributed by atoms with E-state index in [2.05, 4.69) is 21.2 Å². The lowest BCUT2D eigenvalue weighted by atomic mass is 10.0. The van der Waals surface area contributed by atoms with E-state index in [-0.39, 0.29) is 17.8 Å². The van der Waals surface area contributed by atoms with Gasteiger partial charge in [0.1, 0.15) is 0 Å². The largest absolute Gasteiger partial charge is 0.326 e. The molecule has 0 bridgehead atoms. The number of hydrazone groups is 1. The summed E-state index contributed by atoms with van der Waals surface area (Å²) in [4.78, 5) is 22.2. The van der Waals surface area contributed by atoms with Crippen LogP contribution >= 0.6 is 0 Å². The van der Waals surface area contributed by atoms with Gasteiger partial charge in [-0.05, 0) is 17.7 Å². The minimum absolute atomic E-state index is 0.0585. The zero-order chi connectivity index (χ0) is 15.2. The van der Waals surface area contributed by atoms with Crippen LogP contribution in [0.2, 0.25) is 0 Å². The fourth-order valence-electron chi connectivity index (χ4n) is 1.83. The minimum Gasteiger partial charge on any atom is -0.326 e. The maximum atomic E-state index is 11.2. The van der Waals surface area contributed by atoms with Crippen LogP contribution in [0.25, 0.3) is 0 Å². The van der Waals surface area contributed by atoms with E-state index >= 15 is 0 Å². The van der Waals surface area contributed by atoms with Gasteiger partial charge in [-0.25, -0.2) is 5.43 Å². The average molecular weight is 287 g/mol. The summed E-state index contributed by atoms with van der Waals surface area (Å²) in [7, 11) is 0. The van der Waals surface area contributed by atoms with Crippen molar-refractivity contribution in [1.29, 1.82) is 5.41 Å². The molecule has 1 aliphatic heterocycles. The number of nitrogens with zero attached hydrogens (tertiary/aromatic N) is 1. The van der Waals surface area contributed by atoms with Crippen LogP contribution in [0.3, 0.4) is 0 Å². The lowest BCUT2D eigenvalue weighted by Crippen LogP contribution is -2.34. The van der Waals surface area contributed by atoms with E-state index in [0.29, 0.717) is 24.9 Å². The Bertz CT molecular complexity index is 592. The first-order valence-electron chi connectivity index (χ1n) is 6.69. The summed E-state index contributed by atoms with van der Waals surface area (Å²) in [5.41, 5.74) is 4.90. The van der Waals surface area contributed by atoms with Gasteiger partial charge in [0.05, 0.1) is 5.71 Å². The second-order valence-corrected chi connectivity index (χ2v) is 4.57. The van der Waals surface area contributed by atoms with Crippen molar-refractivity contribution in [3.05, 3.63) is 29.8 Å². The Labute approximate surface area is 122 Å². The molecule has 4 N–H and O–H groups in total. The number of benzene rings is 1. The molecule has 0 saturated heterocycles. The number of hydrogen-bond acceptors (Lipinski definition) is 4. The van der Waals surface area contributed by atoms with E-state index in [1.54, 1.807) is 19.1 Å². The third kappa shape index (κ3) is 4.13. The van der Waals surface area contributed by atoms with Gasteiger partial charge in [-0.15, -0.1) is 0 Å². The molecule has 0 aliphatic carbocycles. The number of anilines is 1. The second kappa shape index (κ2) is 6.65. The van der Waals surface area contributed by atoms with Crippen LogP contribution in [0.4, 0.5) is 5.69 Å². The molecule has 1 aromatic carbocycles. The maximum absolute atomic E-state index is 11.2. The quantitative estimate of drug-likeness (QED) is 0.495. The summed E-state index contributed by atoms with van der Waals surface area (Å²) in [5.74, 6) is -0.342. The summed E-state index contributed by atoms with van der Waals surface area (Å²) < 4.78 is 0. The maximum Gasteiger partial charge on any atom is 0.240 e. The molecule has 21 heavy (non-hydrogen) atoms. The van der Waals surface area contributed by atoms with E-state index in [4.69, 9.17) is 5.41 Å². The molecular weight excluding hydrogens is 270 g/mol. The lowest BCUT2D eigenvalue weighted by molar-refractivity contribution is -0.121. The van der Waals surface area contributed by atoms with Gasteiger partial charge in [0.2, 0.25) is 11.8 Å². The van der Waals surface area contributed by atoms with Crippen LogP contribution in [0.5, 0.6) is 0 Å². The van der Waals surface area contributed by atoms with Crippen molar-refractivity contribution in [3.8, 4) is 0 Å². The molecule has 110 valence electrons. The van der Waals surface area contributed by atoms with E-state index in [0.717, 1.165) is 11.3 Å². The first kappa shape index (κ1) is 14.7. The smallest absolute Gasteiger partial charge is 0.240 e. The van der Waals surface area contributed by atoms with Gasteiger partial charge in [0, 0.05) is 24.9 Å². The fourth-order valence-corrected chi connectivity index (χ4v) is 1.83. The van der Waals surface area contributed by atoms with Gasteiger partial charge in [-0.2, -0.15) is 5.10 Å². The topological polar surface area (TPSA) is 106 Å². The Balaban J connectivity index is 1.97. The van der Waals surface area contributed by atoms with Crippen molar-refractivity contribution in [2.24, 2.45) is 5.10 Å². The number of guanidine groups is 1. The molecule has 7 nitrogen and oxygen atoms in total. The standard InChI is InChI=1S/C14H17N5O2/c1-2-12(20)17-14(15)16-10-5-3-9(4-6-10)11-7-8-13(21)19-18-11/h3-6H,2,7-8H2,1H3,(H,19,21)(H3,15,16,17,20). The normalized spacial score (nSPS) is 14.0. The molecule has 0 fully saturated rings. The van der Waals surface area contributed by atoms with Crippen molar-refractivity contribution in [2.75, 3.05) is 5.32 Å². The monoisotopic (exact) mass is 287 g/mol. The fraction of sp³-hybridized carbons (Fsp3) is 0.286. The first-order chi connectivity index (χ1) is 10.1. The van der Waals surface area contributed by atoms with Crippen molar-refractivity contribution < 1.29 is 9.59 Å². The van der Waals surface area contributed by atoms with Crippen molar-refractivity contribution in [1.82, 2.24) is 10.7 Å². The highest BCUT2D eigenvalue weighted by Gasteiger charge is 2.13. The molecule has 0 radical (unpaired) electrons. The van der Waals surface area contributed by atoms with Gasteiger partial charge < -0.3 is 5.32 Å². The summed E-state index contributed by atoms with van der Waals surface area (Å²) in [6.45, 7) is 1.72. The summed E-state index contributed by atoms with van der Waals surface area (Å²) in [5, 5.41) is 16.8. The molecule has 0 atom stereocenters. The summed E-state index contributed by atoms with van der Waals surface area (Å²) >= 11 is 0. The van der Waals surface area contributed by atoms with E-state index in [1.807, 2.05) is 12.1 Å². The summed E-state index contributed by atoms with van der Waals surface area (Å²) in [6.07, 6.45) is 1.38. The van der Waals surface area contributed by atoms with E-state index in [1.165, 1.54) is 0 Å². The highest BCUT2D eigenvalue weighted by atomic mass is 16.2. The molecule has 0 spiro atoms. The Kier molecular flexibility index (Phi) is 4.65. The number of carbonyl (C=O) groups is 2. The van der Waals surface area contributed by atoms with Gasteiger partial charge in [-0.1, -0.05) is 19.1 Å². The zero-order valence-corrected chi connectivity index (χ0v) is 11.7. The van der Waals surface area contributed by atoms with Gasteiger partial charge >= 0.3 is 0 Å². The molecule has 1 aliphatic rings. The molecule has 0 aromatic heterocycles. The Hall–Kier alpha value is -2.70. The Morgan fingerprint density at radius 2 is 2.05 bits per heavy atom. The zero-order valence-electron chi connectivity index (χ0n) is 11.7. The van der Waals surface area contributed by atoms with Crippen LogP contribution in [0.15, 0.2) is 29.4 Å². The highest BCUT2D eigenvalue weighted by molar-refractivity contribution is 6.05. The number of rotatable bonds is 3. The second-order valence-electron chi connectivity index (χ2n) is 4.57. The molecule has 1 heterocycles. The minimum atomic E-state index is -0.212. The van der Waals surface area contributed by atoms with Crippen LogP contribution < -0.4 is 16.1 Å². The first-order valence-corrected chi connectivity index (χ1v) is 6.69. The lowest BCUT2D eigenvalue weighted by Gasteiger charge is -2.13. The Morgan fingerprint density at radius 3 is 2.62 bits per heavy atom. The SMILES string of the molecule is CCC(=O)NC(=N)Nc1ccc(C2=NNC(=O)CC2)cc1. The predicted molar refractivity (Wildman–Crippen MR) is 80.1 cm³/mol. The van der Waals surface area contributed by atoms with Gasteiger partial charge in [0.25, 0.3) is 0 Å². The number of hydrogen-bond donors (Lipinski definition) is 4. The molecule has 2 rings (SSSR count). The van der Waals surface area contributed by atoms with Crippen molar-refractivity contribution >= 4 is 29.2 Å². The van der Waals surface area contributed by atoms with Crippen molar-refractivity contribution in [3.63, 3.8) is 0 Å².